The van der Waals surface area contributed by atoms with E-state index < -0.39 is 34.9 Å². The fourth-order valence-corrected chi connectivity index (χ4v) is 6.71. The van der Waals surface area contributed by atoms with Gasteiger partial charge in [-0.2, -0.15) is 4.37 Å². The lowest BCUT2D eigenvalue weighted by molar-refractivity contribution is 0.155. The van der Waals surface area contributed by atoms with Crippen molar-refractivity contribution in [2.75, 3.05) is 42.7 Å². The van der Waals surface area contributed by atoms with Gasteiger partial charge in [-0.15, -0.1) is 0 Å². The van der Waals surface area contributed by atoms with Gasteiger partial charge in [0.1, 0.15) is 17.4 Å². The maximum atomic E-state index is 15.3. The van der Waals surface area contributed by atoms with Gasteiger partial charge in [0.15, 0.2) is 0 Å². The van der Waals surface area contributed by atoms with Crippen LogP contribution in [0.15, 0.2) is 28.6 Å². The molecule has 0 saturated carbocycles. The molecule has 2 heterocycles. The first-order chi connectivity index (χ1) is 16.3. The van der Waals surface area contributed by atoms with Gasteiger partial charge in [-0.3, -0.25) is 0 Å². The number of likely N-dealkylation sites (N-methyl/N-ethyl adjacent to an activating group) is 1. The summed E-state index contributed by atoms with van der Waals surface area (Å²) in [5, 5.41) is 10.8. The van der Waals surface area contributed by atoms with Crippen LogP contribution in [0.5, 0.6) is 0 Å². The van der Waals surface area contributed by atoms with E-state index in [9.17, 15) is 18.3 Å². The first-order valence-electron chi connectivity index (χ1n) is 11.3. The number of carboxylic acid groups (broad SMARTS) is 1. The molecule has 0 radical (unpaired) electrons. The van der Waals surface area contributed by atoms with Gasteiger partial charge in [0.25, 0.3) is 10.0 Å². The monoisotopic (exact) mass is 544 g/mol. The van der Waals surface area contributed by atoms with Gasteiger partial charge in [0, 0.05) is 51.9 Å². The van der Waals surface area contributed by atoms with Crippen LogP contribution in [0.2, 0.25) is 25.7 Å². The largest absolute Gasteiger partial charge is 0.465 e. The topological polar surface area (TPSA) is 103 Å². The molecular formula is C22H33FN4O5S2Si. The minimum absolute atomic E-state index is 0.125. The SMILES string of the molecule is Cc1cc(S(=O)(=O)N(COCC[Si](C)(C)C)c2cnsc2)c(F)cc1N(C)[C@H]1CCN(C(=O)O)C1. The molecule has 1 aliphatic heterocycles. The number of aryl methyl sites for hydroxylation is 1. The Kier molecular flexibility index (Phi) is 8.45. The summed E-state index contributed by atoms with van der Waals surface area (Å²) in [6.07, 6.45) is 1.04. The Bertz CT molecular complexity index is 1140. The van der Waals surface area contributed by atoms with E-state index in [2.05, 4.69) is 24.0 Å². The zero-order valence-corrected chi connectivity index (χ0v) is 23.3. The van der Waals surface area contributed by atoms with Crippen LogP contribution in [0.4, 0.5) is 20.6 Å². The zero-order valence-electron chi connectivity index (χ0n) is 20.7. The van der Waals surface area contributed by atoms with E-state index in [1.165, 1.54) is 23.2 Å². The van der Waals surface area contributed by atoms with Crippen molar-refractivity contribution in [3.05, 3.63) is 35.1 Å². The number of benzene rings is 1. The van der Waals surface area contributed by atoms with Crippen LogP contribution in [0, 0.1) is 12.7 Å². The van der Waals surface area contributed by atoms with Crippen LogP contribution in [0.1, 0.15) is 12.0 Å². The summed E-state index contributed by atoms with van der Waals surface area (Å²) in [7, 11) is -3.87. The summed E-state index contributed by atoms with van der Waals surface area (Å²) in [6, 6.07) is 3.29. The third-order valence-corrected chi connectivity index (χ3v) is 10.1. The van der Waals surface area contributed by atoms with Crippen LogP contribution in [0.25, 0.3) is 0 Å². The fraction of sp³-hybridized carbons (Fsp3) is 0.545. The number of hydrogen-bond acceptors (Lipinski definition) is 7. The lowest BCUT2D eigenvalue weighted by atomic mass is 10.1. The van der Waals surface area contributed by atoms with Crippen molar-refractivity contribution in [3.8, 4) is 0 Å². The minimum Gasteiger partial charge on any atom is -0.465 e. The molecule has 1 aromatic carbocycles. The van der Waals surface area contributed by atoms with Crippen LogP contribution >= 0.6 is 11.5 Å². The molecule has 194 valence electrons. The van der Waals surface area contributed by atoms with Crippen LogP contribution in [-0.4, -0.2) is 76.5 Å². The summed E-state index contributed by atoms with van der Waals surface area (Å²) >= 11 is 1.10. The molecular weight excluding hydrogens is 511 g/mol. The summed E-state index contributed by atoms with van der Waals surface area (Å²) in [6.45, 7) is 9.21. The van der Waals surface area contributed by atoms with Gasteiger partial charge in [-0.1, -0.05) is 19.6 Å². The predicted octanol–water partition coefficient (Wildman–Crippen LogP) is 4.29. The number of sulfonamides is 1. The number of nitrogens with zero attached hydrogens (tertiary/aromatic N) is 4. The number of halogens is 1. The van der Waals surface area contributed by atoms with E-state index in [-0.39, 0.29) is 12.8 Å². The summed E-state index contributed by atoms with van der Waals surface area (Å²) < 4.78 is 53.2. The van der Waals surface area contributed by atoms with Crippen molar-refractivity contribution in [1.29, 1.82) is 0 Å². The predicted molar refractivity (Wildman–Crippen MR) is 138 cm³/mol. The highest BCUT2D eigenvalue weighted by Gasteiger charge is 2.33. The van der Waals surface area contributed by atoms with Crippen LogP contribution in [0.3, 0.4) is 0 Å². The number of rotatable bonds is 10. The van der Waals surface area contributed by atoms with E-state index in [1.54, 1.807) is 19.4 Å². The molecule has 1 saturated heterocycles. The number of likely N-dealkylation sites (tertiary alicyclic amines) is 1. The normalized spacial score (nSPS) is 16.5. The summed E-state index contributed by atoms with van der Waals surface area (Å²) in [4.78, 5) is 13.9. The molecule has 1 fully saturated rings. The number of carbonyl (C=O) groups is 1. The third-order valence-electron chi connectivity index (χ3n) is 6.09. The Morgan fingerprint density at radius 1 is 1.37 bits per heavy atom. The number of anilines is 2. The van der Waals surface area contributed by atoms with Gasteiger partial charge in [0.2, 0.25) is 0 Å². The maximum absolute atomic E-state index is 15.3. The molecule has 1 amide bonds. The van der Waals surface area contributed by atoms with E-state index in [1.807, 2.05) is 4.90 Å². The van der Waals surface area contributed by atoms with Crippen LogP contribution < -0.4 is 9.21 Å². The number of amides is 1. The molecule has 0 aliphatic carbocycles. The van der Waals surface area contributed by atoms with E-state index >= 15 is 4.39 Å². The highest BCUT2D eigenvalue weighted by Crippen LogP contribution is 2.32. The molecule has 1 atom stereocenters. The fourth-order valence-electron chi connectivity index (χ4n) is 3.90. The smallest absolute Gasteiger partial charge is 0.407 e. The maximum Gasteiger partial charge on any atom is 0.407 e. The molecule has 9 nitrogen and oxygen atoms in total. The lowest BCUT2D eigenvalue weighted by Gasteiger charge is -2.29. The summed E-state index contributed by atoms with van der Waals surface area (Å²) in [5.74, 6) is -0.874. The lowest BCUT2D eigenvalue weighted by Crippen LogP contribution is -2.37. The highest BCUT2D eigenvalue weighted by atomic mass is 32.2. The Morgan fingerprint density at radius 3 is 2.66 bits per heavy atom. The Balaban J connectivity index is 1.86. The third kappa shape index (κ3) is 6.51. The van der Waals surface area contributed by atoms with Crippen molar-refractivity contribution in [1.82, 2.24) is 9.27 Å². The molecule has 3 rings (SSSR count). The highest BCUT2D eigenvalue weighted by molar-refractivity contribution is 7.92. The second-order valence-electron chi connectivity index (χ2n) is 9.94. The van der Waals surface area contributed by atoms with Gasteiger partial charge < -0.3 is 19.6 Å². The molecule has 2 aromatic rings. The number of ether oxygens (including phenoxy) is 1. The average Bonchev–Trinajstić information content (AvgIpc) is 3.45. The van der Waals surface area contributed by atoms with Crippen molar-refractivity contribution in [3.63, 3.8) is 0 Å². The van der Waals surface area contributed by atoms with Gasteiger partial charge in [-0.25, -0.2) is 21.9 Å². The molecule has 35 heavy (non-hydrogen) atoms. The van der Waals surface area contributed by atoms with Crippen molar-refractivity contribution in [2.24, 2.45) is 0 Å². The molecule has 1 N–H and O–H groups in total. The summed E-state index contributed by atoms with van der Waals surface area (Å²) in [5.41, 5.74) is 1.42. The Hall–Kier alpha value is -2.22. The number of aromatic nitrogens is 1. The van der Waals surface area contributed by atoms with E-state index in [0.717, 1.165) is 21.9 Å². The van der Waals surface area contributed by atoms with Crippen LogP contribution in [-0.2, 0) is 14.8 Å². The minimum atomic E-state index is -4.27. The second-order valence-corrected chi connectivity index (χ2v) is 18.0. The molecule has 1 aliphatic rings. The quantitative estimate of drug-likeness (QED) is 0.270. The molecule has 0 bridgehead atoms. The Morgan fingerprint density at radius 2 is 2.09 bits per heavy atom. The van der Waals surface area contributed by atoms with E-state index in [4.69, 9.17) is 4.74 Å². The first kappa shape index (κ1) is 27.4. The standard InChI is InChI=1S/C22H33FN4O5S2Si/c1-16-10-21(19(23)11-20(16)25(2)17-6-7-26(13-17)22(28)29)34(30,31)27(18-12-24-33-14-18)15-32-8-9-35(3,4)5/h10-12,14,17H,6-9,13,15H2,1-5H3,(H,28,29)/t17-/m0/s1. The van der Waals surface area contributed by atoms with Gasteiger partial charge in [-0.05, 0) is 48.6 Å². The second kappa shape index (κ2) is 10.8. The first-order valence-corrected chi connectivity index (χ1v) is 17.3. The van der Waals surface area contributed by atoms with Crippen molar-refractivity contribution < 1.29 is 27.4 Å². The Labute approximate surface area is 211 Å². The van der Waals surface area contributed by atoms with Gasteiger partial charge >= 0.3 is 6.09 Å². The molecule has 1 aromatic heterocycles. The molecule has 13 heteroatoms. The van der Waals surface area contributed by atoms with Crippen molar-refractivity contribution >= 4 is 47.1 Å². The average molecular weight is 545 g/mol. The van der Waals surface area contributed by atoms with E-state index in [0.29, 0.717) is 43.1 Å². The molecule has 0 spiro atoms. The van der Waals surface area contributed by atoms with Crippen molar-refractivity contribution in [2.45, 2.75) is 50.0 Å². The zero-order chi connectivity index (χ0) is 26.0. The van der Waals surface area contributed by atoms with Gasteiger partial charge in [0.05, 0.1) is 11.9 Å². The number of hydrogen-bond donors (Lipinski definition) is 1. The molecule has 0 unspecified atom stereocenters.